The molecule has 0 aromatic carbocycles. The fraction of sp³-hybridized carbons (Fsp3) is 1.00. The minimum atomic E-state index is -2.93. The molecule has 0 bridgehead atoms. The maximum Gasteiger partial charge on any atom is 0.150 e. The van der Waals surface area contributed by atoms with Crippen LogP contribution in [0.3, 0.4) is 0 Å². The Morgan fingerprint density at radius 3 is 2.56 bits per heavy atom. The van der Waals surface area contributed by atoms with Gasteiger partial charge < -0.3 is 10.5 Å². The molecule has 0 saturated heterocycles. The summed E-state index contributed by atoms with van der Waals surface area (Å²) in [5, 5.41) is -0.207. The number of ether oxygens (including phenoxy) is 1. The first kappa shape index (κ1) is 15.9. The highest BCUT2D eigenvalue weighted by molar-refractivity contribution is 7.91. The summed E-state index contributed by atoms with van der Waals surface area (Å²) in [6.07, 6.45) is 6.84. The van der Waals surface area contributed by atoms with Crippen LogP contribution >= 0.6 is 0 Å². The molecule has 18 heavy (non-hydrogen) atoms. The van der Waals surface area contributed by atoms with Crippen LogP contribution in [0, 0.1) is 5.92 Å². The lowest BCUT2D eigenvalue weighted by atomic mass is 9.81. The monoisotopic (exact) mass is 277 g/mol. The van der Waals surface area contributed by atoms with Gasteiger partial charge in [-0.1, -0.05) is 19.8 Å². The molecule has 1 saturated carbocycles. The van der Waals surface area contributed by atoms with Crippen LogP contribution in [-0.4, -0.2) is 39.2 Å². The Labute approximate surface area is 111 Å². The summed E-state index contributed by atoms with van der Waals surface area (Å²) in [5.41, 5.74) is 6.27. The predicted octanol–water partition coefficient (Wildman–Crippen LogP) is 1.73. The zero-order valence-corrected chi connectivity index (χ0v) is 12.6. The van der Waals surface area contributed by atoms with E-state index in [1.54, 1.807) is 7.11 Å². The highest BCUT2D eigenvalue weighted by Gasteiger charge is 2.34. The fourth-order valence-corrected chi connectivity index (χ4v) is 4.17. The molecule has 4 nitrogen and oxygen atoms in total. The molecule has 0 aromatic heterocycles. The Kier molecular flexibility index (Phi) is 6.08. The lowest BCUT2D eigenvalue weighted by Gasteiger charge is -2.35. The van der Waals surface area contributed by atoms with Crippen molar-refractivity contribution in [3.8, 4) is 0 Å². The minimum absolute atomic E-state index is 0.0421. The molecule has 0 spiro atoms. The van der Waals surface area contributed by atoms with Crippen molar-refractivity contribution < 1.29 is 13.2 Å². The molecule has 0 aromatic rings. The molecule has 0 aliphatic heterocycles. The SMILES string of the molecule is CCCC(OC)C(N)C1CCCC(S(C)(=O)=O)C1. The summed E-state index contributed by atoms with van der Waals surface area (Å²) in [4.78, 5) is 0. The summed E-state index contributed by atoms with van der Waals surface area (Å²) in [7, 11) is -1.24. The largest absolute Gasteiger partial charge is 0.380 e. The van der Waals surface area contributed by atoms with Gasteiger partial charge >= 0.3 is 0 Å². The number of hydrogen-bond acceptors (Lipinski definition) is 4. The molecular weight excluding hydrogens is 250 g/mol. The Morgan fingerprint density at radius 2 is 2.06 bits per heavy atom. The second kappa shape index (κ2) is 6.87. The first-order valence-corrected chi connectivity index (χ1v) is 8.82. The van der Waals surface area contributed by atoms with Gasteiger partial charge in [0.05, 0.1) is 11.4 Å². The number of methoxy groups -OCH3 is 1. The molecule has 5 heteroatoms. The lowest BCUT2D eigenvalue weighted by molar-refractivity contribution is 0.0477. The average molecular weight is 277 g/mol. The average Bonchev–Trinajstić information content (AvgIpc) is 2.34. The predicted molar refractivity (Wildman–Crippen MR) is 74.3 cm³/mol. The quantitative estimate of drug-likeness (QED) is 0.803. The summed E-state index contributed by atoms with van der Waals surface area (Å²) in [6, 6.07) is -0.0421. The van der Waals surface area contributed by atoms with Crippen molar-refractivity contribution in [2.75, 3.05) is 13.4 Å². The van der Waals surface area contributed by atoms with E-state index >= 15 is 0 Å². The van der Waals surface area contributed by atoms with Crippen LogP contribution in [0.15, 0.2) is 0 Å². The molecule has 1 aliphatic carbocycles. The van der Waals surface area contributed by atoms with Crippen molar-refractivity contribution >= 4 is 9.84 Å². The van der Waals surface area contributed by atoms with Gasteiger partial charge in [0.15, 0.2) is 0 Å². The third-order valence-corrected chi connectivity index (χ3v) is 5.76. The van der Waals surface area contributed by atoms with Crippen molar-refractivity contribution in [1.82, 2.24) is 0 Å². The minimum Gasteiger partial charge on any atom is -0.380 e. The second-order valence-corrected chi connectivity index (χ2v) is 7.84. The van der Waals surface area contributed by atoms with E-state index in [9.17, 15) is 8.42 Å². The van der Waals surface area contributed by atoms with Crippen LogP contribution in [-0.2, 0) is 14.6 Å². The molecule has 0 heterocycles. The van der Waals surface area contributed by atoms with Gasteiger partial charge in [-0.25, -0.2) is 8.42 Å². The lowest BCUT2D eigenvalue weighted by Crippen LogP contribution is -2.45. The Balaban J connectivity index is 2.65. The van der Waals surface area contributed by atoms with Crippen LogP contribution in [0.1, 0.15) is 45.4 Å². The third-order valence-electron chi connectivity index (χ3n) is 4.12. The molecular formula is C13H27NO3S. The van der Waals surface area contributed by atoms with E-state index < -0.39 is 9.84 Å². The van der Waals surface area contributed by atoms with E-state index in [-0.39, 0.29) is 23.3 Å². The molecule has 1 rings (SSSR count). The van der Waals surface area contributed by atoms with Crippen LogP contribution in [0.4, 0.5) is 0 Å². The summed E-state index contributed by atoms with van der Waals surface area (Å²) >= 11 is 0. The van der Waals surface area contributed by atoms with Crippen molar-refractivity contribution in [3.05, 3.63) is 0 Å². The zero-order valence-electron chi connectivity index (χ0n) is 11.8. The van der Waals surface area contributed by atoms with Gasteiger partial charge in [-0.2, -0.15) is 0 Å². The Bertz CT molecular complexity index is 342. The first-order valence-electron chi connectivity index (χ1n) is 6.87. The molecule has 4 atom stereocenters. The molecule has 2 N–H and O–H groups in total. The first-order chi connectivity index (χ1) is 8.40. The van der Waals surface area contributed by atoms with Gasteiger partial charge in [-0.3, -0.25) is 0 Å². The second-order valence-electron chi connectivity index (χ2n) is 5.52. The van der Waals surface area contributed by atoms with E-state index in [1.807, 2.05) is 0 Å². The van der Waals surface area contributed by atoms with E-state index in [1.165, 1.54) is 6.26 Å². The van der Waals surface area contributed by atoms with Crippen LogP contribution in [0.2, 0.25) is 0 Å². The van der Waals surface area contributed by atoms with Crippen LogP contribution in [0.25, 0.3) is 0 Å². The van der Waals surface area contributed by atoms with Gasteiger partial charge in [-0.05, 0) is 31.6 Å². The van der Waals surface area contributed by atoms with Crippen LogP contribution < -0.4 is 5.73 Å². The van der Waals surface area contributed by atoms with Crippen LogP contribution in [0.5, 0.6) is 0 Å². The molecule has 1 aliphatic rings. The standard InChI is InChI=1S/C13H27NO3S/c1-4-6-12(17-2)13(14)10-7-5-8-11(9-10)18(3,15)16/h10-13H,4-9,14H2,1-3H3. The normalized spacial score (nSPS) is 28.9. The zero-order chi connectivity index (χ0) is 13.8. The van der Waals surface area contributed by atoms with Crippen molar-refractivity contribution in [2.45, 2.75) is 62.8 Å². The van der Waals surface area contributed by atoms with E-state index in [2.05, 4.69) is 6.92 Å². The van der Waals surface area contributed by atoms with Crippen molar-refractivity contribution in [1.29, 1.82) is 0 Å². The number of nitrogens with two attached hydrogens (primary N) is 1. The molecule has 4 unspecified atom stereocenters. The number of sulfone groups is 1. The van der Waals surface area contributed by atoms with E-state index in [0.717, 1.165) is 32.1 Å². The summed E-state index contributed by atoms with van der Waals surface area (Å²) < 4.78 is 28.7. The highest BCUT2D eigenvalue weighted by atomic mass is 32.2. The molecule has 0 radical (unpaired) electrons. The fourth-order valence-electron chi connectivity index (χ4n) is 2.98. The summed E-state index contributed by atoms with van der Waals surface area (Å²) in [6.45, 7) is 2.11. The summed E-state index contributed by atoms with van der Waals surface area (Å²) in [5.74, 6) is 0.273. The molecule has 108 valence electrons. The Hall–Kier alpha value is -0.130. The van der Waals surface area contributed by atoms with E-state index in [4.69, 9.17) is 10.5 Å². The molecule has 1 fully saturated rings. The van der Waals surface area contributed by atoms with Gasteiger partial charge in [0.1, 0.15) is 9.84 Å². The van der Waals surface area contributed by atoms with Gasteiger partial charge in [0.2, 0.25) is 0 Å². The van der Waals surface area contributed by atoms with Crippen molar-refractivity contribution in [3.63, 3.8) is 0 Å². The number of hydrogen-bond donors (Lipinski definition) is 1. The van der Waals surface area contributed by atoms with Gasteiger partial charge in [0, 0.05) is 19.4 Å². The number of rotatable bonds is 6. The smallest absolute Gasteiger partial charge is 0.150 e. The topological polar surface area (TPSA) is 69.4 Å². The van der Waals surface area contributed by atoms with Gasteiger partial charge in [0.25, 0.3) is 0 Å². The maximum atomic E-state index is 11.6. The van der Waals surface area contributed by atoms with E-state index in [0.29, 0.717) is 6.42 Å². The third kappa shape index (κ3) is 4.21. The Morgan fingerprint density at radius 1 is 1.39 bits per heavy atom. The maximum absolute atomic E-state index is 11.6. The highest BCUT2D eigenvalue weighted by Crippen LogP contribution is 2.32. The van der Waals surface area contributed by atoms with Crippen molar-refractivity contribution in [2.24, 2.45) is 11.7 Å². The van der Waals surface area contributed by atoms with Gasteiger partial charge in [-0.15, -0.1) is 0 Å². The molecule has 0 amide bonds.